The van der Waals surface area contributed by atoms with Gasteiger partial charge in [-0.05, 0) is 36.8 Å². The number of nitrogens with two attached hydrogens (primary N) is 1. The summed E-state index contributed by atoms with van der Waals surface area (Å²) in [6.45, 7) is 5.42. The maximum absolute atomic E-state index is 14.8. The van der Waals surface area contributed by atoms with E-state index < -0.39 is 39.1 Å². The average Bonchev–Trinajstić information content (AvgIpc) is 2.84. The van der Waals surface area contributed by atoms with Gasteiger partial charge in [-0.2, -0.15) is 15.6 Å². The molecule has 0 fully saturated rings. The van der Waals surface area contributed by atoms with Gasteiger partial charge in [0.2, 0.25) is 11.8 Å². The summed E-state index contributed by atoms with van der Waals surface area (Å²) in [5.41, 5.74) is 4.26. The highest BCUT2D eigenvalue weighted by molar-refractivity contribution is 7.74. The van der Waals surface area contributed by atoms with Crippen molar-refractivity contribution >= 4 is 28.1 Å². The molecule has 3 heterocycles. The van der Waals surface area contributed by atoms with Gasteiger partial charge in [0.1, 0.15) is 34.6 Å². The van der Waals surface area contributed by atoms with E-state index >= 15 is 0 Å². The summed E-state index contributed by atoms with van der Waals surface area (Å²) in [7, 11) is -1.66. The number of nitrogens with zero attached hydrogens (tertiary/aromatic N) is 3. The molecule has 1 aliphatic heterocycles. The third-order valence-electron chi connectivity index (χ3n) is 6.67. The lowest BCUT2D eigenvalue weighted by molar-refractivity contribution is -0.124. The Hall–Kier alpha value is -3.80. The summed E-state index contributed by atoms with van der Waals surface area (Å²) < 4.78 is 56.6. The van der Waals surface area contributed by atoms with Crippen LogP contribution in [0.1, 0.15) is 32.8 Å². The standard InChI is InChI=1S/C26H28F2N5O4S/c1-25(2,26(3,24(29)34)33-38(4)35)15-10-22-31-21-13-18(19(28)14-30-21)17-7-6-16(27)12-20(17)36-8-5-9-37-23(11-15)32-22/h6-7,10-14H,5,8-9H2,1-4H3,(H2,29,34)(H,30,31,32)/q-1/t26-/m1/s1. The van der Waals surface area contributed by atoms with Crippen LogP contribution in [0.2, 0.25) is 0 Å². The van der Waals surface area contributed by atoms with E-state index in [1.54, 1.807) is 26.0 Å². The van der Waals surface area contributed by atoms with Gasteiger partial charge in [-0.3, -0.25) is 4.79 Å². The van der Waals surface area contributed by atoms with Gasteiger partial charge in [0.25, 0.3) is 0 Å². The van der Waals surface area contributed by atoms with Crippen molar-refractivity contribution in [3.05, 3.63) is 59.8 Å². The van der Waals surface area contributed by atoms with Crippen molar-refractivity contribution in [2.75, 3.05) is 24.8 Å². The highest BCUT2D eigenvalue weighted by Crippen LogP contribution is 2.40. The fraction of sp³-hybridized carbons (Fsp3) is 0.346. The fourth-order valence-corrected chi connectivity index (χ4v) is 4.94. The molecule has 3 N–H and O–H groups in total. The van der Waals surface area contributed by atoms with Crippen LogP contribution in [0.15, 0.2) is 47.0 Å². The Morgan fingerprint density at radius 2 is 1.82 bits per heavy atom. The van der Waals surface area contributed by atoms with Gasteiger partial charge in [-0.15, -0.1) is 6.26 Å². The summed E-state index contributed by atoms with van der Waals surface area (Å²) in [5, 5.41) is 3.05. The van der Waals surface area contributed by atoms with E-state index in [0.717, 1.165) is 6.20 Å². The summed E-state index contributed by atoms with van der Waals surface area (Å²) in [5.74, 6) is -0.894. The third-order valence-corrected chi connectivity index (χ3v) is 7.30. The SMILES string of the molecule is C[S-](=O)=N[C@](C)(C(N)=O)C(C)(C)c1cc2nc(c1)OCCCOc1cc(F)ccc1-c1cc(ncc1F)N2. The van der Waals surface area contributed by atoms with E-state index in [4.69, 9.17) is 15.2 Å². The average molecular weight is 545 g/mol. The first kappa shape index (κ1) is 27.2. The molecule has 4 rings (SSSR count). The molecule has 4 bridgehead atoms. The van der Waals surface area contributed by atoms with Crippen LogP contribution in [-0.2, 0) is 25.0 Å². The molecular weight excluding hydrogens is 516 g/mol. The van der Waals surface area contributed by atoms with Crippen LogP contribution in [-0.4, -0.2) is 40.9 Å². The van der Waals surface area contributed by atoms with Crippen molar-refractivity contribution in [1.29, 1.82) is 0 Å². The van der Waals surface area contributed by atoms with Crippen molar-refractivity contribution < 1.29 is 27.3 Å². The first-order valence-electron chi connectivity index (χ1n) is 11.8. The van der Waals surface area contributed by atoms with Gasteiger partial charge >= 0.3 is 0 Å². The lowest BCUT2D eigenvalue weighted by Gasteiger charge is -2.41. The maximum Gasteiger partial charge on any atom is 0.243 e. The second kappa shape index (κ2) is 10.5. The van der Waals surface area contributed by atoms with Crippen LogP contribution in [0, 0.1) is 11.6 Å². The van der Waals surface area contributed by atoms with Crippen molar-refractivity contribution in [2.24, 2.45) is 10.1 Å². The Morgan fingerprint density at radius 1 is 1.08 bits per heavy atom. The topological polar surface area (TPSA) is 129 Å². The number of aromatic nitrogens is 2. The van der Waals surface area contributed by atoms with Crippen LogP contribution >= 0.6 is 0 Å². The van der Waals surface area contributed by atoms with E-state index in [9.17, 15) is 17.8 Å². The Balaban J connectivity index is 1.85. The molecule has 12 heteroatoms. The minimum absolute atomic E-state index is 0.160. The Bertz CT molecular complexity index is 1480. The summed E-state index contributed by atoms with van der Waals surface area (Å²) in [6, 6.07) is 8.67. The fourth-order valence-electron chi connectivity index (χ4n) is 4.11. The molecule has 0 radical (unpaired) electrons. The number of benzene rings is 1. The molecule has 202 valence electrons. The van der Waals surface area contributed by atoms with Crippen LogP contribution in [0.4, 0.5) is 20.4 Å². The van der Waals surface area contributed by atoms with E-state index in [1.165, 1.54) is 37.4 Å². The smallest absolute Gasteiger partial charge is 0.243 e. The lowest BCUT2D eigenvalue weighted by atomic mass is 9.69. The molecule has 38 heavy (non-hydrogen) atoms. The molecule has 1 aliphatic rings. The van der Waals surface area contributed by atoms with Crippen molar-refractivity contribution in [2.45, 2.75) is 38.1 Å². The Labute approximate surface area is 221 Å². The number of hydrogen-bond donors (Lipinski definition) is 2. The number of carbonyl (C=O) groups excluding carboxylic acids is 1. The van der Waals surface area contributed by atoms with Crippen LogP contribution < -0.4 is 20.5 Å². The molecule has 0 saturated heterocycles. The predicted molar refractivity (Wildman–Crippen MR) is 140 cm³/mol. The molecule has 0 saturated carbocycles. The monoisotopic (exact) mass is 544 g/mol. The van der Waals surface area contributed by atoms with E-state index in [1.807, 2.05) is 0 Å². The number of primary amides is 1. The van der Waals surface area contributed by atoms with Crippen LogP contribution in [0.25, 0.3) is 11.1 Å². The van der Waals surface area contributed by atoms with Gasteiger partial charge in [-0.1, -0.05) is 13.8 Å². The number of fused-ring (bicyclic) bond motifs is 6. The third kappa shape index (κ3) is 5.40. The molecule has 2 aromatic heterocycles. The number of hydrogen-bond acceptors (Lipinski definition) is 9. The molecule has 3 aromatic rings. The summed E-state index contributed by atoms with van der Waals surface area (Å²) in [4.78, 5) is 21.1. The number of anilines is 2. The largest absolute Gasteiger partial charge is 0.493 e. The second-order valence-electron chi connectivity index (χ2n) is 9.52. The van der Waals surface area contributed by atoms with Crippen molar-refractivity contribution in [1.82, 2.24) is 9.97 Å². The lowest BCUT2D eigenvalue weighted by Crippen LogP contribution is -2.53. The predicted octanol–water partition coefficient (Wildman–Crippen LogP) is 4.63. The zero-order valence-corrected chi connectivity index (χ0v) is 22.2. The molecule has 1 atom stereocenters. The number of rotatable bonds is 4. The molecule has 1 aromatic carbocycles. The molecule has 0 spiro atoms. The highest BCUT2D eigenvalue weighted by Gasteiger charge is 2.46. The minimum atomic E-state index is -1.66. The van der Waals surface area contributed by atoms with Crippen molar-refractivity contribution in [3.8, 4) is 22.8 Å². The summed E-state index contributed by atoms with van der Waals surface area (Å²) in [6.07, 6.45) is 2.82. The molecule has 9 nitrogen and oxygen atoms in total. The van der Waals surface area contributed by atoms with E-state index in [0.29, 0.717) is 23.4 Å². The normalized spacial score (nSPS) is 16.1. The number of carbonyl (C=O) groups is 1. The number of nitrogens with one attached hydrogen (secondary N) is 1. The molecule has 0 unspecified atom stereocenters. The van der Waals surface area contributed by atoms with E-state index in [-0.39, 0.29) is 36.2 Å². The van der Waals surface area contributed by atoms with Gasteiger partial charge in [0.15, 0.2) is 0 Å². The summed E-state index contributed by atoms with van der Waals surface area (Å²) >= 11 is 0. The van der Waals surface area contributed by atoms with Gasteiger partial charge in [0, 0.05) is 35.1 Å². The number of amides is 1. The Morgan fingerprint density at radius 3 is 2.53 bits per heavy atom. The quantitative estimate of drug-likeness (QED) is 0.459. The van der Waals surface area contributed by atoms with Gasteiger partial charge in [0.05, 0.1) is 19.4 Å². The van der Waals surface area contributed by atoms with E-state index in [2.05, 4.69) is 19.6 Å². The first-order valence-corrected chi connectivity index (χ1v) is 13.3. The molecular formula is C26H28F2N5O4S-. The second-order valence-corrected chi connectivity index (χ2v) is 10.6. The van der Waals surface area contributed by atoms with Gasteiger partial charge < -0.3 is 29.1 Å². The van der Waals surface area contributed by atoms with Crippen LogP contribution in [0.3, 0.4) is 0 Å². The highest BCUT2D eigenvalue weighted by atomic mass is 32.2. The number of halogens is 2. The Kier molecular flexibility index (Phi) is 7.54. The molecule has 1 amide bonds. The zero-order chi connectivity index (χ0) is 27.7. The number of pyridine rings is 2. The number of ether oxygens (including phenoxy) is 2. The zero-order valence-electron chi connectivity index (χ0n) is 21.4. The van der Waals surface area contributed by atoms with Crippen molar-refractivity contribution in [3.63, 3.8) is 0 Å². The maximum atomic E-state index is 14.8. The van der Waals surface area contributed by atoms with Crippen LogP contribution in [0.5, 0.6) is 11.6 Å². The first-order chi connectivity index (χ1) is 17.9. The molecule has 0 aliphatic carbocycles. The van der Waals surface area contributed by atoms with Gasteiger partial charge in [-0.25, -0.2) is 13.8 Å². The minimum Gasteiger partial charge on any atom is -0.493 e.